The SMILES string of the molecule is CC(C)(C)Cc1cc(-c2[c-]cccc2)ncc1[Si](C)(C)C.Fc1ccc(-c2[c-]ccc3c2sc2ccccc23)nc1.[Ir]. The van der Waals surface area contributed by atoms with Gasteiger partial charge in [-0.05, 0) is 50.6 Å². The molecule has 2 nitrogen and oxygen atoms in total. The van der Waals surface area contributed by atoms with Crippen LogP contribution >= 0.6 is 11.3 Å². The summed E-state index contributed by atoms with van der Waals surface area (Å²) in [7, 11) is -1.37. The molecule has 0 fully saturated rings. The minimum Gasteiger partial charge on any atom is -0.305 e. The second-order valence-corrected chi connectivity index (χ2v) is 18.6. The maximum absolute atomic E-state index is 13.0. The van der Waals surface area contributed by atoms with Crippen LogP contribution in [0.15, 0.2) is 91.3 Å². The van der Waals surface area contributed by atoms with Crippen molar-refractivity contribution in [3.05, 3.63) is 115 Å². The Morgan fingerprint density at radius 2 is 1.55 bits per heavy atom. The Morgan fingerprint density at radius 1 is 0.810 bits per heavy atom. The number of rotatable bonds is 4. The van der Waals surface area contributed by atoms with Crippen LogP contribution < -0.4 is 5.19 Å². The second-order valence-electron chi connectivity index (χ2n) is 12.5. The third-order valence-electron chi connectivity index (χ3n) is 6.83. The van der Waals surface area contributed by atoms with Crippen molar-refractivity contribution in [1.29, 1.82) is 0 Å². The summed E-state index contributed by atoms with van der Waals surface area (Å²) in [6.45, 7) is 14.1. The molecule has 0 amide bonds. The van der Waals surface area contributed by atoms with Gasteiger partial charge in [0, 0.05) is 31.0 Å². The quantitative estimate of drug-likeness (QED) is 0.132. The minimum atomic E-state index is -1.37. The van der Waals surface area contributed by atoms with Crippen LogP contribution in [0.25, 0.3) is 42.7 Å². The van der Waals surface area contributed by atoms with Crippen molar-refractivity contribution in [2.75, 3.05) is 0 Å². The number of fused-ring (bicyclic) bond motifs is 3. The maximum atomic E-state index is 13.0. The largest absolute Gasteiger partial charge is 0.305 e. The first-order valence-corrected chi connectivity index (χ1v) is 18.2. The van der Waals surface area contributed by atoms with Gasteiger partial charge in [0.15, 0.2) is 0 Å². The molecule has 6 rings (SSSR count). The van der Waals surface area contributed by atoms with Crippen molar-refractivity contribution >= 4 is 44.8 Å². The van der Waals surface area contributed by atoms with E-state index >= 15 is 0 Å². The molecule has 1 radical (unpaired) electrons. The Bertz CT molecular complexity index is 1790. The molecular weight excluding hydrogens is 732 g/mol. The standard InChI is InChI=1S/C19H26NSi.C17H9FNS.Ir/c1-19(2,3)13-16-12-17(15-10-8-7-9-11-15)20-14-18(16)21(4,5)6;18-11-8-9-15(19-10-11)14-6-3-5-13-12-4-1-2-7-16(12)20-17(13)14;/h7-10,12,14H,13H2,1-6H3;1-5,7-10H;/q2*-1;. The molecule has 3 aromatic heterocycles. The predicted molar refractivity (Wildman–Crippen MR) is 176 cm³/mol. The average Bonchev–Trinajstić information content (AvgIpc) is 3.32. The van der Waals surface area contributed by atoms with Crippen molar-refractivity contribution in [1.82, 2.24) is 9.97 Å². The number of halogens is 1. The molecule has 3 heterocycles. The molecule has 42 heavy (non-hydrogen) atoms. The number of hydrogen-bond acceptors (Lipinski definition) is 3. The fourth-order valence-electron chi connectivity index (χ4n) is 4.99. The van der Waals surface area contributed by atoms with E-state index in [9.17, 15) is 4.39 Å². The molecule has 3 aromatic carbocycles. The molecule has 0 atom stereocenters. The van der Waals surface area contributed by atoms with Crippen molar-refractivity contribution in [2.24, 2.45) is 5.41 Å². The van der Waals surface area contributed by atoms with E-state index in [2.05, 4.69) is 94.1 Å². The topological polar surface area (TPSA) is 25.8 Å². The van der Waals surface area contributed by atoms with Crippen molar-refractivity contribution in [3.8, 4) is 22.5 Å². The first-order valence-electron chi connectivity index (χ1n) is 13.9. The van der Waals surface area contributed by atoms with Crippen LogP contribution in [0.4, 0.5) is 4.39 Å². The fraction of sp³-hybridized carbons (Fsp3) is 0.222. The normalized spacial score (nSPS) is 11.6. The number of aromatic nitrogens is 2. The first kappa shape index (κ1) is 31.9. The third-order valence-corrected chi connectivity index (χ3v) is 10.1. The summed E-state index contributed by atoms with van der Waals surface area (Å²) in [4.78, 5) is 8.88. The van der Waals surface area contributed by atoms with Crippen LogP contribution in [-0.2, 0) is 26.5 Å². The molecule has 0 bridgehead atoms. The summed E-state index contributed by atoms with van der Waals surface area (Å²) in [6.07, 6.45) is 4.45. The van der Waals surface area contributed by atoms with Crippen LogP contribution in [-0.4, -0.2) is 18.0 Å². The number of pyridine rings is 2. The molecule has 0 saturated carbocycles. The van der Waals surface area contributed by atoms with Crippen LogP contribution in [0, 0.1) is 23.4 Å². The van der Waals surface area contributed by atoms with Crippen LogP contribution in [0.1, 0.15) is 26.3 Å². The molecule has 0 saturated heterocycles. The number of hydrogen-bond donors (Lipinski definition) is 0. The Morgan fingerprint density at radius 3 is 2.21 bits per heavy atom. The van der Waals surface area contributed by atoms with E-state index in [1.54, 1.807) is 17.4 Å². The van der Waals surface area contributed by atoms with E-state index in [0.29, 0.717) is 0 Å². The fourth-order valence-corrected chi connectivity index (χ4v) is 7.78. The van der Waals surface area contributed by atoms with Crippen LogP contribution in [0.2, 0.25) is 19.6 Å². The number of benzene rings is 3. The van der Waals surface area contributed by atoms with Gasteiger partial charge in [-0.3, -0.25) is 0 Å². The summed E-state index contributed by atoms with van der Waals surface area (Å²) in [5, 5.41) is 3.92. The zero-order valence-corrected chi connectivity index (χ0v) is 29.1. The second kappa shape index (κ2) is 13.1. The molecular formula is C36H35FIrN2SSi-2. The van der Waals surface area contributed by atoms with Gasteiger partial charge in [-0.15, -0.1) is 59.7 Å². The summed E-state index contributed by atoms with van der Waals surface area (Å²) in [5.74, 6) is -0.322. The predicted octanol–water partition coefficient (Wildman–Crippen LogP) is 9.74. The summed E-state index contributed by atoms with van der Waals surface area (Å²) in [6, 6.07) is 32.3. The van der Waals surface area contributed by atoms with Crippen LogP contribution in [0.5, 0.6) is 0 Å². The summed E-state index contributed by atoms with van der Waals surface area (Å²) >= 11 is 1.72. The molecule has 0 unspecified atom stereocenters. The van der Waals surface area contributed by atoms with Gasteiger partial charge in [-0.1, -0.05) is 81.7 Å². The third kappa shape index (κ3) is 7.48. The van der Waals surface area contributed by atoms with Crippen LogP contribution in [0.3, 0.4) is 0 Å². The molecule has 0 aliphatic carbocycles. The van der Waals surface area contributed by atoms with E-state index in [1.807, 2.05) is 36.4 Å². The van der Waals surface area contributed by atoms with Gasteiger partial charge in [0.2, 0.25) is 0 Å². The zero-order valence-electron chi connectivity index (χ0n) is 24.9. The van der Waals surface area contributed by atoms with E-state index in [0.717, 1.165) is 33.6 Å². The first-order chi connectivity index (χ1) is 19.5. The van der Waals surface area contributed by atoms with Gasteiger partial charge < -0.3 is 9.97 Å². The Hall–Kier alpha value is -3.02. The van der Waals surface area contributed by atoms with Gasteiger partial charge in [-0.2, -0.15) is 11.3 Å². The Kier molecular flexibility index (Phi) is 9.94. The van der Waals surface area contributed by atoms with Gasteiger partial charge >= 0.3 is 0 Å². The van der Waals surface area contributed by atoms with E-state index in [-0.39, 0.29) is 31.3 Å². The molecule has 0 spiro atoms. The molecule has 0 aliphatic heterocycles. The molecule has 217 valence electrons. The van der Waals surface area contributed by atoms with Gasteiger partial charge in [0.1, 0.15) is 5.82 Å². The van der Waals surface area contributed by atoms with Gasteiger partial charge in [0.05, 0.1) is 14.3 Å². The van der Waals surface area contributed by atoms with E-state index in [1.165, 1.54) is 38.5 Å². The molecule has 0 aliphatic rings. The molecule has 6 heteroatoms. The van der Waals surface area contributed by atoms with Crippen molar-refractivity contribution < 1.29 is 24.5 Å². The maximum Gasteiger partial charge on any atom is 0.139 e. The Balaban J connectivity index is 0.000000188. The van der Waals surface area contributed by atoms with Crippen molar-refractivity contribution in [3.63, 3.8) is 0 Å². The molecule has 6 aromatic rings. The number of nitrogens with zero attached hydrogens (tertiary/aromatic N) is 2. The molecule has 0 N–H and O–H groups in total. The average molecular weight is 767 g/mol. The monoisotopic (exact) mass is 767 g/mol. The zero-order chi connectivity index (χ0) is 29.2. The van der Waals surface area contributed by atoms with E-state index < -0.39 is 8.07 Å². The summed E-state index contributed by atoms with van der Waals surface area (Å²) in [5.41, 5.74) is 5.55. The summed E-state index contributed by atoms with van der Waals surface area (Å²) < 4.78 is 15.4. The van der Waals surface area contributed by atoms with Crippen molar-refractivity contribution in [2.45, 2.75) is 46.8 Å². The van der Waals surface area contributed by atoms with Gasteiger partial charge in [0.25, 0.3) is 0 Å². The smallest absolute Gasteiger partial charge is 0.139 e. The minimum absolute atomic E-state index is 0. The number of thiophene rings is 1. The Labute approximate surface area is 267 Å². The van der Waals surface area contributed by atoms with E-state index in [4.69, 9.17) is 4.98 Å². The van der Waals surface area contributed by atoms with Gasteiger partial charge in [-0.25, -0.2) is 4.39 Å².